The largest absolute Gasteiger partial charge is 0.375 e. The van der Waals surface area contributed by atoms with E-state index in [0.29, 0.717) is 12.2 Å². The molecule has 102 valence electrons. The standard InChI is InChI=1S/C15H26N2O/c1-3-17-15(11-16)8-7-14(10-15)18-13-6-4-5-12(2)9-13/h12-14,17H,3-10H2,1-2H3. The summed E-state index contributed by atoms with van der Waals surface area (Å²) in [5.74, 6) is 0.805. The Bertz CT molecular complexity index is 312. The van der Waals surface area contributed by atoms with Gasteiger partial charge in [0.2, 0.25) is 0 Å². The third-order valence-electron chi connectivity index (χ3n) is 4.47. The van der Waals surface area contributed by atoms with Gasteiger partial charge in [-0.3, -0.25) is 5.32 Å². The van der Waals surface area contributed by atoms with Crippen molar-refractivity contribution in [3.05, 3.63) is 0 Å². The van der Waals surface area contributed by atoms with Crippen molar-refractivity contribution in [2.24, 2.45) is 5.92 Å². The zero-order valence-corrected chi connectivity index (χ0v) is 11.7. The quantitative estimate of drug-likeness (QED) is 0.834. The zero-order chi connectivity index (χ0) is 13.0. The van der Waals surface area contributed by atoms with Crippen LogP contribution in [0.4, 0.5) is 0 Å². The van der Waals surface area contributed by atoms with Crippen LogP contribution in [0.25, 0.3) is 0 Å². The average Bonchev–Trinajstić information content (AvgIpc) is 2.74. The summed E-state index contributed by atoms with van der Waals surface area (Å²) in [4.78, 5) is 0. The lowest BCUT2D eigenvalue weighted by Gasteiger charge is -2.30. The third kappa shape index (κ3) is 3.24. The number of nitriles is 1. The molecular formula is C15H26N2O. The molecule has 0 heterocycles. The topological polar surface area (TPSA) is 45.0 Å². The van der Waals surface area contributed by atoms with Gasteiger partial charge in [-0.05, 0) is 38.1 Å². The number of hydrogen-bond acceptors (Lipinski definition) is 3. The fourth-order valence-corrected chi connectivity index (χ4v) is 3.53. The monoisotopic (exact) mass is 250 g/mol. The first-order chi connectivity index (χ1) is 8.67. The van der Waals surface area contributed by atoms with Crippen LogP contribution in [-0.2, 0) is 4.74 Å². The van der Waals surface area contributed by atoms with E-state index in [0.717, 1.165) is 31.7 Å². The first-order valence-corrected chi connectivity index (χ1v) is 7.49. The van der Waals surface area contributed by atoms with Gasteiger partial charge in [0.1, 0.15) is 5.54 Å². The normalized spacial score (nSPS) is 40.6. The van der Waals surface area contributed by atoms with Crippen LogP contribution >= 0.6 is 0 Å². The molecule has 3 heteroatoms. The minimum atomic E-state index is -0.320. The number of nitrogens with one attached hydrogen (secondary N) is 1. The van der Waals surface area contributed by atoms with Gasteiger partial charge >= 0.3 is 0 Å². The second kappa shape index (κ2) is 6.04. The zero-order valence-electron chi connectivity index (χ0n) is 11.7. The SMILES string of the molecule is CCNC1(C#N)CCC(OC2CCCC(C)C2)C1. The predicted molar refractivity (Wildman–Crippen MR) is 72.2 cm³/mol. The van der Waals surface area contributed by atoms with Crippen LogP contribution in [0.1, 0.15) is 58.8 Å². The van der Waals surface area contributed by atoms with Crippen LogP contribution in [0.2, 0.25) is 0 Å². The van der Waals surface area contributed by atoms with E-state index in [1.54, 1.807) is 0 Å². The Labute approximate surface area is 111 Å². The average molecular weight is 250 g/mol. The second-order valence-electron chi connectivity index (χ2n) is 6.12. The summed E-state index contributed by atoms with van der Waals surface area (Å²) in [5, 5.41) is 12.7. The minimum absolute atomic E-state index is 0.291. The Morgan fingerprint density at radius 2 is 2.17 bits per heavy atom. The molecule has 2 aliphatic carbocycles. The molecule has 4 atom stereocenters. The maximum atomic E-state index is 9.35. The Hall–Kier alpha value is -0.590. The van der Waals surface area contributed by atoms with E-state index < -0.39 is 0 Å². The molecule has 0 spiro atoms. The second-order valence-corrected chi connectivity index (χ2v) is 6.12. The summed E-state index contributed by atoms with van der Waals surface area (Å²) >= 11 is 0. The Morgan fingerprint density at radius 1 is 1.33 bits per heavy atom. The van der Waals surface area contributed by atoms with Crippen molar-refractivity contribution >= 4 is 0 Å². The third-order valence-corrected chi connectivity index (χ3v) is 4.47. The lowest BCUT2D eigenvalue weighted by atomic mass is 9.88. The van der Waals surface area contributed by atoms with E-state index in [1.807, 2.05) is 0 Å². The molecule has 2 rings (SSSR count). The molecule has 0 aromatic rings. The summed E-state index contributed by atoms with van der Waals surface area (Å²) in [6.45, 7) is 5.25. The van der Waals surface area contributed by atoms with Crippen molar-refractivity contribution in [1.29, 1.82) is 5.26 Å². The number of rotatable bonds is 4. The van der Waals surface area contributed by atoms with Crippen molar-refractivity contribution in [2.75, 3.05) is 6.54 Å². The molecule has 0 bridgehead atoms. The fourth-order valence-electron chi connectivity index (χ4n) is 3.53. The van der Waals surface area contributed by atoms with E-state index in [2.05, 4.69) is 25.2 Å². The van der Waals surface area contributed by atoms with E-state index >= 15 is 0 Å². The van der Waals surface area contributed by atoms with Crippen molar-refractivity contribution in [3.8, 4) is 6.07 Å². The molecule has 2 fully saturated rings. The highest BCUT2D eigenvalue weighted by molar-refractivity contribution is 5.12. The molecule has 3 nitrogen and oxygen atoms in total. The van der Waals surface area contributed by atoms with Gasteiger partial charge < -0.3 is 4.74 Å². The van der Waals surface area contributed by atoms with E-state index in [9.17, 15) is 5.26 Å². The van der Waals surface area contributed by atoms with Gasteiger partial charge in [0.15, 0.2) is 0 Å². The van der Waals surface area contributed by atoms with Gasteiger partial charge in [-0.2, -0.15) is 5.26 Å². The molecular weight excluding hydrogens is 224 g/mol. The maximum Gasteiger partial charge on any atom is 0.109 e. The Morgan fingerprint density at radius 3 is 2.83 bits per heavy atom. The Kier molecular flexibility index (Phi) is 4.64. The molecule has 0 aromatic heterocycles. The van der Waals surface area contributed by atoms with Crippen molar-refractivity contribution < 1.29 is 4.74 Å². The minimum Gasteiger partial charge on any atom is -0.375 e. The number of ether oxygens (including phenoxy) is 1. The first-order valence-electron chi connectivity index (χ1n) is 7.49. The summed E-state index contributed by atoms with van der Waals surface area (Å²) < 4.78 is 6.23. The molecule has 1 N–H and O–H groups in total. The van der Waals surface area contributed by atoms with Gasteiger partial charge in [-0.25, -0.2) is 0 Å². The fraction of sp³-hybridized carbons (Fsp3) is 0.933. The molecule has 4 unspecified atom stereocenters. The van der Waals surface area contributed by atoms with Crippen LogP contribution in [0.15, 0.2) is 0 Å². The van der Waals surface area contributed by atoms with E-state index in [-0.39, 0.29) is 5.54 Å². The number of nitrogens with zero attached hydrogens (tertiary/aromatic N) is 1. The van der Waals surface area contributed by atoms with Crippen LogP contribution in [-0.4, -0.2) is 24.3 Å². The molecule has 0 radical (unpaired) electrons. The lowest BCUT2D eigenvalue weighted by molar-refractivity contribution is -0.0369. The van der Waals surface area contributed by atoms with Gasteiger partial charge in [-0.15, -0.1) is 0 Å². The van der Waals surface area contributed by atoms with Crippen LogP contribution in [0.3, 0.4) is 0 Å². The highest BCUT2D eigenvalue weighted by Gasteiger charge is 2.40. The highest BCUT2D eigenvalue weighted by Crippen LogP contribution is 2.35. The summed E-state index contributed by atoms with van der Waals surface area (Å²) in [7, 11) is 0. The summed E-state index contributed by atoms with van der Waals surface area (Å²) in [5.41, 5.74) is -0.320. The predicted octanol–water partition coefficient (Wildman–Crippen LogP) is 3.01. The van der Waals surface area contributed by atoms with Gasteiger partial charge in [0, 0.05) is 6.42 Å². The van der Waals surface area contributed by atoms with Crippen LogP contribution in [0.5, 0.6) is 0 Å². The maximum absolute atomic E-state index is 9.35. The van der Waals surface area contributed by atoms with Crippen molar-refractivity contribution in [3.63, 3.8) is 0 Å². The lowest BCUT2D eigenvalue weighted by Crippen LogP contribution is -2.42. The molecule has 2 saturated carbocycles. The Balaban J connectivity index is 1.83. The molecule has 0 amide bonds. The van der Waals surface area contributed by atoms with E-state index in [4.69, 9.17) is 4.74 Å². The van der Waals surface area contributed by atoms with Gasteiger partial charge in [0.25, 0.3) is 0 Å². The number of hydrogen-bond donors (Lipinski definition) is 1. The molecule has 2 aliphatic rings. The molecule has 18 heavy (non-hydrogen) atoms. The van der Waals surface area contributed by atoms with Crippen LogP contribution in [0, 0.1) is 17.2 Å². The summed E-state index contributed by atoms with van der Waals surface area (Å²) in [6, 6.07) is 2.46. The highest BCUT2D eigenvalue weighted by atomic mass is 16.5. The van der Waals surface area contributed by atoms with Crippen molar-refractivity contribution in [2.45, 2.75) is 76.5 Å². The van der Waals surface area contributed by atoms with Gasteiger partial charge in [-0.1, -0.05) is 26.7 Å². The smallest absolute Gasteiger partial charge is 0.109 e. The molecule has 0 aliphatic heterocycles. The van der Waals surface area contributed by atoms with Crippen molar-refractivity contribution in [1.82, 2.24) is 5.32 Å². The summed E-state index contributed by atoms with van der Waals surface area (Å²) in [6.07, 6.45) is 8.63. The first kappa shape index (κ1) is 13.8. The molecule has 0 aromatic carbocycles. The van der Waals surface area contributed by atoms with Crippen LogP contribution < -0.4 is 5.32 Å². The van der Waals surface area contributed by atoms with E-state index in [1.165, 1.54) is 25.7 Å². The molecule has 0 saturated heterocycles. The van der Waals surface area contributed by atoms with Gasteiger partial charge in [0.05, 0.1) is 18.3 Å².